The highest BCUT2D eigenvalue weighted by molar-refractivity contribution is 8.00. The van der Waals surface area contributed by atoms with Crippen LogP contribution in [0.1, 0.15) is 11.1 Å². The molecule has 4 aromatic rings. The zero-order valence-corrected chi connectivity index (χ0v) is 20.9. The number of halogens is 1. The molecule has 0 fully saturated rings. The number of sulfone groups is 1. The summed E-state index contributed by atoms with van der Waals surface area (Å²) in [6.07, 6.45) is 0. The molecule has 0 bridgehead atoms. The number of carbonyl (C=O) groups is 1. The average Bonchev–Trinajstić information content (AvgIpc) is 3.26. The molecule has 4 rings (SSSR count). The van der Waals surface area contributed by atoms with Crippen molar-refractivity contribution < 1.29 is 13.2 Å². The van der Waals surface area contributed by atoms with E-state index >= 15 is 0 Å². The molecule has 0 saturated carbocycles. The van der Waals surface area contributed by atoms with E-state index in [4.69, 9.17) is 11.6 Å². The number of nitrogens with zero attached hydrogens (tertiary/aromatic N) is 1. The second-order valence-electron chi connectivity index (χ2n) is 7.70. The molecule has 0 radical (unpaired) electrons. The molecular formula is C25H22ClN3O3S2. The van der Waals surface area contributed by atoms with Crippen LogP contribution >= 0.6 is 23.4 Å². The van der Waals surface area contributed by atoms with Crippen LogP contribution in [0.2, 0.25) is 5.02 Å². The molecule has 0 aliphatic rings. The zero-order chi connectivity index (χ0) is 24.3. The number of carbonyl (C=O) groups excluding carboxylic acids is 1. The van der Waals surface area contributed by atoms with E-state index < -0.39 is 9.84 Å². The fraction of sp³-hybridized carbons (Fsp3) is 0.120. The summed E-state index contributed by atoms with van der Waals surface area (Å²) in [5.41, 5.74) is 3.31. The Labute approximate surface area is 207 Å². The van der Waals surface area contributed by atoms with Gasteiger partial charge in [0.2, 0.25) is 15.7 Å². The third-order valence-electron chi connectivity index (χ3n) is 5.08. The molecule has 6 nitrogen and oxygen atoms in total. The van der Waals surface area contributed by atoms with Crippen LogP contribution in [0.25, 0.3) is 11.4 Å². The Hall–Kier alpha value is -3.07. The van der Waals surface area contributed by atoms with Crippen molar-refractivity contribution in [2.75, 3.05) is 11.1 Å². The van der Waals surface area contributed by atoms with Crippen LogP contribution in [-0.2, 0) is 14.6 Å². The Morgan fingerprint density at radius 3 is 2.41 bits per heavy atom. The maximum Gasteiger partial charge on any atom is 0.234 e. The Balaban J connectivity index is 1.62. The van der Waals surface area contributed by atoms with Crippen LogP contribution in [0.3, 0.4) is 0 Å². The van der Waals surface area contributed by atoms with Gasteiger partial charge in [-0.25, -0.2) is 13.4 Å². The number of H-pyrrole nitrogens is 1. The normalized spacial score (nSPS) is 11.4. The Morgan fingerprint density at radius 2 is 1.74 bits per heavy atom. The predicted molar refractivity (Wildman–Crippen MR) is 136 cm³/mol. The summed E-state index contributed by atoms with van der Waals surface area (Å²) in [5.74, 6) is 0.0941. The van der Waals surface area contributed by atoms with E-state index in [0.717, 1.165) is 28.5 Å². The minimum atomic E-state index is -3.87. The molecule has 0 aliphatic heterocycles. The third kappa shape index (κ3) is 5.35. The molecule has 1 aromatic heterocycles. The molecule has 0 saturated heterocycles. The number of hydrogen-bond acceptors (Lipinski definition) is 5. The molecule has 2 N–H and O–H groups in total. The van der Waals surface area contributed by atoms with Crippen LogP contribution in [0.4, 0.5) is 5.69 Å². The first-order chi connectivity index (χ1) is 16.2. The second kappa shape index (κ2) is 10.0. The number of aromatic nitrogens is 2. The molecule has 1 amide bonds. The number of imidazole rings is 1. The standard InChI is InChI=1S/C25H22ClN3O3S2/c1-16-8-11-18(12-9-16)23-28-24(25(29-23)34(31,32)20-6-4-3-5-7-20)33-15-22(30)27-19-13-10-17(2)21(26)14-19/h3-14H,15H2,1-2H3,(H,27,30)(H,28,29). The molecule has 0 spiro atoms. The van der Waals surface area contributed by atoms with Gasteiger partial charge in [0.25, 0.3) is 0 Å². The number of aromatic amines is 1. The van der Waals surface area contributed by atoms with E-state index in [1.165, 1.54) is 12.1 Å². The fourth-order valence-electron chi connectivity index (χ4n) is 3.19. The summed E-state index contributed by atoms with van der Waals surface area (Å²) >= 11 is 7.19. The van der Waals surface area contributed by atoms with Crippen molar-refractivity contribution in [3.8, 4) is 11.4 Å². The number of hydrogen-bond donors (Lipinski definition) is 2. The van der Waals surface area contributed by atoms with Gasteiger partial charge in [-0.3, -0.25) is 4.79 Å². The summed E-state index contributed by atoms with van der Waals surface area (Å²) in [7, 11) is -3.87. The summed E-state index contributed by atoms with van der Waals surface area (Å²) in [6, 6.07) is 21.0. The molecule has 3 aromatic carbocycles. The van der Waals surface area contributed by atoms with E-state index in [1.807, 2.05) is 44.2 Å². The number of thioether (sulfide) groups is 1. The largest absolute Gasteiger partial charge is 0.328 e. The van der Waals surface area contributed by atoms with Gasteiger partial charge >= 0.3 is 0 Å². The average molecular weight is 512 g/mol. The van der Waals surface area contributed by atoms with Gasteiger partial charge in [0.15, 0.2) is 5.03 Å². The minimum absolute atomic E-state index is 0.0268. The Kier molecular flexibility index (Phi) is 7.11. The fourth-order valence-corrected chi connectivity index (χ4v) is 5.81. The van der Waals surface area contributed by atoms with Crippen molar-refractivity contribution in [1.82, 2.24) is 9.97 Å². The molecule has 9 heteroatoms. The van der Waals surface area contributed by atoms with Crippen LogP contribution in [0.15, 0.2) is 87.7 Å². The summed E-state index contributed by atoms with van der Waals surface area (Å²) in [5, 5.41) is 3.53. The van der Waals surface area contributed by atoms with Gasteiger partial charge in [-0.15, -0.1) is 0 Å². The Morgan fingerprint density at radius 1 is 1.03 bits per heavy atom. The van der Waals surface area contributed by atoms with Gasteiger partial charge in [0, 0.05) is 16.3 Å². The van der Waals surface area contributed by atoms with E-state index in [2.05, 4.69) is 15.3 Å². The number of nitrogens with one attached hydrogen (secondary N) is 2. The lowest BCUT2D eigenvalue weighted by Crippen LogP contribution is -2.14. The lowest BCUT2D eigenvalue weighted by Gasteiger charge is -2.07. The van der Waals surface area contributed by atoms with Gasteiger partial charge in [-0.1, -0.05) is 77.5 Å². The lowest BCUT2D eigenvalue weighted by molar-refractivity contribution is -0.113. The number of aryl methyl sites for hydroxylation is 2. The van der Waals surface area contributed by atoms with Crippen molar-refractivity contribution in [3.63, 3.8) is 0 Å². The summed E-state index contributed by atoms with van der Waals surface area (Å²) < 4.78 is 26.7. The highest BCUT2D eigenvalue weighted by atomic mass is 35.5. The van der Waals surface area contributed by atoms with E-state index in [-0.39, 0.29) is 26.6 Å². The van der Waals surface area contributed by atoms with Crippen LogP contribution < -0.4 is 5.32 Å². The number of benzene rings is 3. The summed E-state index contributed by atoms with van der Waals surface area (Å²) in [6.45, 7) is 3.85. The number of rotatable bonds is 7. The van der Waals surface area contributed by atoms with Crippen molar-refractivity contribution >= 4 is 44.8 Å². The molecule has 34 heavy (non-hydrogen) atoms. The molecule has 0 unspecified atom stereocenters. The SMILES string of the molecule is Cc1ccc(-c2nc(SCC(=O)Nc3ccc(C)c(Cl)c3)c(S(=O)(=O)c3ccccc3)[nH]2)cc1. The number of amides is 1. The first-order valence-corrected chi connectivity index (χ1v) is 13.2. The molecule has 174 valence electrons. The first-order valence-electron chi connectivity index (χ1n) is 10.4. The van der Waals surface area contributed by atoms with Crippen LogP contribution in [0.5, 0.6) is 0 Å². The van der Waals surface area contributed by atoms with Crippen LogP contribution in [-0.4, -0.2) is 30.0 Å². The smallest absolute Gasteiger partial charge is 0.234 e. The lowest BCUT2D eigenvalue weighted by atomic mass is 10.1. The molecule has 0 atom stereocenters. The van der Waals surface area contributed by atoms with Crippen molar-refractivity contribution in [2.45, 2.75) is 28.8 Å². The third-order valence-corrected chi connectivity index (χ3v) is 8.32. The van der Waals surface area contributed by atoms with Gasteiger partial charge in [-0.05, 0) is 43.7 Å². The highest BCUT2D eigenvalue weighted by Gasteiger charge is 2.26. The number of anilines is 1. The predicted octanol–water partition coefficient (Wildman–Crippen LogP) is 5.91. The van der Waals surface area contributed by atoms with Gasteiger partial charge < -0.3 is 10.3 Å². The van der Waals surface area contributed by atoms with Crippen LogP contribution in [0, 0.1) is 13.8 Å². The van der Waals surface area contributed by atoms with E-state index in [0.29, 0.717) is 16.5 Å². The monoisotopic (exact) mass is 511 g/mol. The first kappa shape index (κ1) is 24.1. The van der Waals surface area contributed by atoms with E-state index in [1.54, 1.807) is 30.3 Å². The van der Waals surface area contributed by atoms with Gasteiger partial charge in [0.1, 0.15) is 10.9 Å². The molecule has 1 heterocycles. The second-order valence-corrected chi connectivity index (χ2v) is 11.0. The maximum atomic E-state index is 13.4. The van der Waals surface area contributed by atoms with Crippen molar-refractivity contribution in [1.29, 1.82) is 0 Å². The maximum absolute atomic E-state index is 13.4. The van der Waals surface area contributed by atoms with Gasteiger partial charge in [-0.2, -0.15) is 0 Å². The van der Waals surface area contributed by atoms with E-state index in [9.17, 15) is 13.2 Å². The Bertz CT molecular complexity index is 1430. The molecular weight excluding hydrogens is 490 g/mol. The quantitative estimate of drug-likeness (QED) is 0.301. The van der Waals surface area contributed by atoms with Crippen molar-refractivity contribution in [3.05, 3.63) is 88.9 Å². The highest BCUT2D eigenvalue weighted by Crippen LogP contribution is 2.32. The van der Waals surface area contributed by atoms with Crippen molar-refractivity contribution in [2.24, 2.45) is 0 Å². The minimum Gasteiger partial charge on any atom is -0.328 e. The summed E-state index contributed by atoms with van der Waals surface area (Å²) in [4.78, 5) is 20.2. The topological polar surface area (TPSA) is 91.9 Å². The van der Waals surface area contributed by atoms with Gasteiger partial charge in [0.05, 0.1) is 10.6 Å². The zero-order valence-electron chi connectivity index (χ0n) is 18.5. The molecule has 0 aliphatic carbocycles.